The van der Waals surface area contributed by atoms with Crippen LogP contribution in [0.5, 0.6) is 0 Å². The molecule has 6 heteroatoms. The molecule has 0 aliphatic rings. The lowest BCUT2D eigenvalue weighted by Crippen LogP contribution is -2.04. The summed E-state index contributed by atoms with van der Waals surface area (Å²) >= 11 is 6.08. The summed E-state index contributed by atoms with van der Waals surface area (Å²) in [5.41, 5.74) is 3.74. The molecule has 0 saturated carbocycles. The number of methoxy groups -OCH3 is 1. The number of nitrogens with zero attached hydrogens (tertiary/aromatic N) is 4. The van der Waals surface area contributed by atoms with Crippen molar-refractivity contribution >= 4 is 11.6 Å². The number of hydrogen-bond donors (Lipinski definition) is 0. The summed E-state index contributed by atoms with van der Waals surface area (Å²) in [7, 11) is 3.53. The van der Waals surface area contributed by atoms with Gasteiger partial charge in [0.2, 0.25) is 0 Å². The quantitative estimate of drug-likeness (QED) is 0.811. The first-order valence-electron chi connectivity index (χ1n) is 6.02. The van der Waals surface area contributed by atoms with Crippen LogP contribution in [0.4, 0.5) is 0 Å². The maximum Gasteiger partial charge on any atom is 0.159 e. The van der Waals surface area contributed by atoms with E-state index in [2.05, 4.69) is 15.1 Å². The first kappa shape index (κ1) is 14.0. The fourth-order valence-corrected chi connectivity index (χ4v) is 2.18. The minimum absolute atomic E-state index is 0.199. The fraction of sp³-hybridized carbons (Fsp3) is 0.462. The van der Waals surface area contributed by atoms with Crippen molar-refractivity contribution in [3.63, 3.8) is 0 Å². The second-order valence-electron chi connectivity index (χ2n) is 4.48. The highest BCUT2D eigenvalue weighted by Gasteiger charge is 2.17. The number of ether oxygens (including phenoxy) is 1. The summed E-state index contributed by atoms with van der Waals surface area (Å²) < 4.78 is 7.08. The van der Waals surface area contributed by atoms with Crippen LogP contribution in [-0.2, 0) is 11.8 Å². The lowest BCUT2D eigenvalue weighted by molar-refractivity contribution is 0.112. The van der Waals surface area contributed by atoms with E-state index >= 15 is 0 Å². The van der Waals surface area contributed by atoms with Crippen LogP contribution >= 0.6 is 11.6 Å². The summed E-state index contributed by atoms with van der Waals surface area (Å²) in [4.78, 5) is 8.73. The number of rotatable bonds is 3. The minimum atomic E-state index is -0.199. The molecule has 0 radical (unpaired) electrons. The molecule has 0 spiro atoms. The van der Waals surface area contributed by atoms with Gasteiger partial charge in [0, 0.05) is 31.5 Å². The van der Waals surface area contributed by atoms with Crippen molar-refractivity contribution in [2.24, 2.45) is 7.05 Å². The molecule has 0 fully saturated rings. The molecule has 2 heterocycles. The smallest absolute Gasteiger partial charge is 0.159 e. The van der Waals surface area contributed by atoms with Gasteiger partial charge in [-0.3, -0.25) is 4.68 Å². The molecule has 1 atom stereocenters. The van der Waals surface area contributed by atoms with E-state index in [4.69, 9.17) is 16.3 Å². The molecule has 5 nitrogen and oxygen atoms in total. The number of aromatic nitrogens is 4. The first-order chi connectivity index (χ1) is 8.93. The monoisotopic (exact) mass is 280 g/mol. The highest BCUT2D eigenvalue weighted by atomic mass is 35.5. The van der Waals surface area contributed by atoms with Gasteiger partial charge < -0.3 is 4.74 Å². The van der Waals surface area contributed by atoms with E-state index in [-0.39, 0.29) is 6.10 Å². The highest BCUT2D eigenvalue weighted by Crippen LogP contribution is 2.27. The Balaban J connectivity index is 2.59. The Morgan fingerprint density at radius 1 is 1.32 bits per heavy atom. The standard InChI is InChI=1S/C13H17ClN4O/c1-7-12(8(2)18(4)17-7)10-6-11(14)16-13(15-10)9(3)19-5/h6,9H,1-5H3/t9-/m0/s1. The van der Waals surface area contributed by atoms with E-state index in [0.717, 1.165) is 22.6 Å². The van der Waals surface area contributed by atoms with Gasteiger partial charge in [-0.05, 0) is 20.8 Å². The predicted octanol–water partition coefficient (Wildman–Crippen LogP) is 2.85. The summed E-state index contributed by atoms with van der Waals surface area (Å²) in [6.07, 6.45) is -0.199. The van der Waals surface area contributed by atoms with Crippen LogP contribution in [-0.4, -0.2) is 26.9 Å². The van der Waals surface area contributed by atoms with Gasteiger partial charge in [0.25, 0.3) is 0 Å². The van der Waals surface area contributed by atoms with Crippen molar-refractivity contribution < 1.29 is 4.74 Å². The van der Waals surface area contributed by atoms with E-state index in [1.54, 1.807) is 13.2 Å². The molecule has 0 N–H and O–H groups in total. The topological polar surface area (TPSA) is 52.8 Å². The lowest BCUT2D eigenvalue weighted by Gasteiger charge is -2.10. The predicted molar refractivity (Wildman–Crippen MR) is 74.1 cm³/mol. The molecule has 19 heavy (non-hydrogen) atoms. The molecule has 0 saturated heterocycles. The van der Waals surface area contributed by atoms with E-state index in [1.165, 1.54) is 0 Å². The van der Waals surface area contributed by atoms with Crippen molar-refractivity contribution in [2.45, 2.75) is 26.9 Å². The molecule has 0 aliphatic carbocycles. The minimum Gasteiger partial charge on any atom is -0.374 e. The van der Waals surface area contributed by atoms with Gasteiger partial charge in [-0.2, -0.15) is 5.10 Å². The van der Waals surface area contributed by atoms with Crippen molar-refractivity contribution in [1.29, 1.82) is 0 Å². The van der Waals surface area contributed by atoms with E-state index in [9.17, 15) is 0 Å². The molecule has 0 amide bonds. The second kappa shape index (κ2) is 5.27. The van der Waals surface area contributed by atoms with Crippen molar-refractivity contribution in [1.82, 2.24) is 19.7 Å². The van der Waals surface area contributed by atoms with Crippen LogP contribution in [0.1, 0.15) is 30.2 Å². The fourth-order valence-electron chi connectivity index (χ4n) is 1.99. The number of hydrogen-bond acceptors (Lipinski definition) is 4. The molecular weight excluding hydrogens is 264 g/mol. The van der Waals surface area contributed by atoms with Crippen LogP contribution < -0.4 is 0 Å². The average molecular weight is 281 g/mol. The molecule has 2 rings (SSSR count). The van der Waals surface area contributed by atoms with Crippen LogP contribution in [0.25, 0.3) is 11.3 Å². The molecule has 0 bridgehead atoms. The third-order valence-corrected chi connectivity index (χ3v) is 3.39. The third kappa shape index (κ3) is 2.62. The Bertz CT molecular complexity index is 609. The van der Waals surface area contributed by atoms with Gasteiger partial charge in [0.05, 0.1) is 11.4 Å². The zero-order valence-corrected chi connectivity index (χ0v) is 12.5. The highest BCUT2D eigenvalue weighted by molar-refractivity contribution is 6.29. The van der Waals surface area contributed by atoms with Gasteiger partial charge in [0.15, 0.2) is 5.82 Å². The van der Waals surface area contributed by atoms with E-state index in [1.807, 2.05) is 32.5 Å². The zero-order valence-electron chi connectivity index (χ0n) is 11.7. The van der Waals surface area contributed by atoms with Crippen LogP contribution in [0, 0.1) is 13.8 Å². The van der Waals surface area contributed by atoms with Gasteiger partial charge in [0.1, 0.15) is 11.3 Å². The molecule has 0 unspecified atom stereocenters. The van der Waals surface area contributed by atoms with Crippen LogP contribution in [0.2, 0.25) is 5.15 Å². The molecule has 0 aliphatic heterocycles. The van der Waals surface area contributed by atoms with E-state index in [0.29, 0.717) is 11.0 Å². The van der Waals surface area contributed by atoms with Gasteiger partial charge in [-0.25, -0.2) is 9.97 Å². The van der Waals surface area contributed by atoms with Crippen LogP contribution in [0.15, 0.2) is 6.07 Å². The summed E-state index contributed by atoms with van der Waals surface area (Å²) in [6.45, 7) is 5.85. The average Bonchev–Trinajstić information content (AvgIpc) is 2.61. The molecular formula is C13H17ClN4O. The Morgan fingerprint density at radius 2 is 2.00 bits per heavy atom. The maximum atomic E-state index is 6.08. The zero-order chi connectivity index (χ0) is 14.2. The maximum absolute atomic E-state index is 6.08. The first-order valence-corrected chi connectivity index (χ1v) is 6.39. The largest absolute Gasteiger partial charge is 0.374 e. The SMILES string of the molecule is CO[C@@H](C)c1nc(Cl)cc(-c2c(C)nn(C)c2C)n1. The van der Waals surface area contributed by atoms with Crippen LogP contribution in [0.3, 0.4) is 0 Å². The third-order valence-electron chi connectivity index (χ3n) is 3.19. The molecule has 2 aromatic rings. The Kier molecular flexibility index (Phi) is 3.87. The van der Waals surface area contributed by atoms with Gasteiger partial charge >= 0.3 is 0 Å². The lowest BCUT2D eigenvalue weighted by atomic mass is 10.1. The van der Waals surface area contributed by atoms with E-state index < -0.39 is 0 Å². The Labute approximate surface area is 117 Å². The summed E-state index contributed by atoms with van der Waals surface area (Å²) in [6, 6.07) is 1.75. The molecule has 0 aromatic carbocycles. The normalized spacial score (nSPS) is 12.7. The molecule has 102 valence electrons. The number of halogens is 1. The summed E-state index contributed by atoms with van der Waals surface area (Å²) in [5, 5.41) is 4.80. The second-order valence-corrected chi connectivity index (χ2v) is 4.87. The summed E-state index contributed by atoms with van der Waals surface area (Å²) in [5.74, 6) is 0.577. The van der Waals surface area contributed by atoms with Gasteiger partial charge in [-0.15, -0.1) is 0 Å². The van der Waals surface area contributed by atoms with Crippen molar-refractivity contribution in [3.05, 3.63) is 28.4 Å². The van der Waals surface area contributed by atoms with Crippen molar-refractivity contribution in [2.75, 3.05) is 7.11 Å². The van der Waals surface area contributed by atoms with Crippen molar-refractivity contribution in [3.8, 4) is 11.3 Å². The molecule has 2 aromatic heterocycles. The van der Waals surface area contributed by atoms with Gasteiger partial charge in [-0.1, -0.05) is 11.6 Å². The Hall–Kier alpha value is -1.46. The Morgan fingerprint density at radius 3 is 2.53 bits per heavy atom. The number of aryl methyl sites for hydroxylation is 2.